The molecule has 1 aromatic carbocycles. The van der Waals surface area contributed by atoms with E-state index in [-0.39, 0.29) is 0 Å². The maximum Gasteiger partial charge on any atom is 0.153 e. The van der Waals surface area contributed by atoms with E-state index in [0.29, 0.717) is 5.94 Å². The molecule has 0 atom stereocenters. The fourth-order valence-electron chi connectivity index (χ4n) is 1.03. The Morgan fingerprint density at radius 2 is 2.50 bits per heavy atom. The first kappa shape index (κ1) is 7.61. The third-order valence-electron chi connectivity index (χ3n) is 1.64. The fraction of sp³-hybridized carbons (Fsp3) is 0.250. The standard InChI is InChI=1S/C8H9NO2S/c1-10-6-2-3-7-8(4-6)11-5-12-9-7/h2-4,9H,5H2,1H3. The molecule has 1 aliphatic heterocycles. The molecule has 1 aliphatic rings. The highest BCUT2D eigenvalue weighted by molar-refractivity contribution is 8.00. The number of ether oxygens (including phenoxy) is 2. The van der Waals surface area contributed by atoms with Gasteiger partial charge < -0.3 is 14.2 Å². The van der Waals surface area contributed by atoms with Gasteiger partial charge in [-0.15, -0.1) is 0 Å². The zero-order chi connectivity index (χ0) is 8.39. The first-order valence-electron chi connectivity index (χ1n) is 3.59. The lowest BCUT2D eigenvalue weighted by Gasteiger charge is -2.18. The predicted molar refractivity (Wildman–Crippen MR) is 49.7 cm³/mol. The molecule has 0 aromatic heterocycles. The molecule has 0 fully saturated rings. The molecule has 1 heterocycles. The largest absolute Gasteiger partial charge is 0.497 e. The number of hydrogen-bond acceptors (Lipinski definition) is 4. The molecular weight excluding hydrogens is 174 g/mol. The summed E-state index contributed by atoms with van der Waals surface area (Å²) in [5.41, 5.74) is 1.01. The number of hydrogen-bond donors (Lipinski definition) is 1. The van der Waals surface area contributed by atoms with E-state index in [9.17, 15) is 0 Å². The zero-order valence-corrected chi connectivity index (χ0v) is 7.48. The molecule has 12 heavy (non-hydrogen) atoms. The van der Waals surface area contributed by atoms with Crippen molar-refractivity contribution in [1.29, 1.82) is 0 Å². The third-order valence-corrected chi connectivity index (χ3v) is 2.24. The van der Waals surface area contributed by atoms with Gasteiger partial charge in [-0.3, -0.25) is 0 Å². The Kier molecular flexibility index (Phi) is 1.99. The number of nitrogens with one attached hydrogen (secondary N) is 1. The Morgan fingerprint density at radius 1 is 1.58 bits per heavy atom. The third kappa shape index (κ3) is 1.30. The van der Waals surface area contributed by atoms with E-state index >= 15 is 0 Å². The molecule has 0 amide bonds. The number of rotatable bonds is 1. The zero-order valence-electron chi connectivity index (χ0n) is 6.66. The highest BCUT2D eigenvalue weighted by Gasteiger charge is 2.09. The maximum absolute atomic E-state index is 5.39. The van der Waals surface area contributed by atoms with Crippen LogP contribution in [0.4, 0.5) is 5.69 Å². The Morgan fingerprint density at radius 3 is 3.33 bits per heavy atom. The van der Waals surface area contributed by atoms with Crippen molar-refractivity contribution in [1.82, 2.24) is 0 Å². The summed E-state index contributed by atoms with van der Waals surface area (Å²) in [7, 11) is 1.65. The van der Waals surface area contributed by atoms with Crippen LogP contribution in [0.25, 0.3) is 0 Å². The summed E-state index contributed by atoms with van der Waals surface area (Å²) >= 11 is 1.54. The summed E-state index contributed by atoms with van der Waals surface area (Å²) in [5, 5.41) is 0. The summed E-state index contributed by atoms with van der Waals surface area (Å²) in [6, 6.07) is 5.73. The second-order valence-corrected chi connectivity index (χ2v) is 3.10. The van der Waals surface area contributed by atoms with E-state index < -0.39 is 0 Å². The molecule has 0 radical (unpaired) electrons. The summed E-state index contributed by atoms with van der Waals surface area (Å²) in [6.07, 6.45) is 0. The fourth-order valence-corrected chi connectivity index (χ4v) is 1.60. The highest BCUT2D eigenvalue weighted by Crippen LogP contribution is 2.34. The minimum absolute atomic E-state index is 0.639. The predicted octanol–water partition coefficient (Wildman–Crippen LogP) is 2.11. The monoisotopic (exact) mass is 183 g/mol. The van der Waals surface area contributed by atoms with Gasteiger partial charge in [0.1, 0.15) is 11.5 Å². The van der Waals surface area contributed by atoms with E-state index in [1.807, 2.05) is 18.2 Å². The number of methoxy groups -OCH3 is 1. The minimum atomic E-state index is 0.639. The lowest BCUT2D eigenvalue weighted by Crippen LogP contribution is -2.05. The van der Waals surface area contributed by atoms with Crippen LogP contribution in [0.2, 0.25) is 0 Å². The molecule has 1 N–H and O–H groups in total. The van der Waals surface area contributed by atoms with Crippen LogP contribution in [-0.4, -0.2) is 13.0 Å². The van der Waals surface area contributed by atoms with Crippen molar-refractivity contribution in [3.63, 3.8) is 0 Å². The van der Waals surface area contributed by atoms with Crippen LogP contribution in [0.1, 0.15) is 0 Å². The molecular formula is C8H9NO2S. The molecule has 1 aromatic rings. The van der Waals surface area contributed by atoms with Crippen molar-refractivity contribution in [3.8, 4) is 11.5 Å². The van der Waals surface area contributed by atoms with E-state index in [1.165, 1.54) is 11.9 Å². The van der Waals surface area contributed by atoms with Crippen LogP contribution >= 0.6 is 11.9 Å². The van der Waals surface area contributed by atoms with Crippen molar-refractivity contribution in [2.45, 2.75) is 0 Å². The summed E-state index contributed by atoms with van der Waals surface area (Å²) in [6.45, 7) is 0. The highest BCUT2D eigenvalue weighted by atomic mass is 32.2. The molecule has 4 heteroatoms. The van der Waals surface area contributed by atoms with E-state index in [2.05, 4.69) is 4.72 Å². The maximum atomic E-state index is 5.39. The van der Waals surface area contributed by atoms with Gasteiger partial charge in [-0.2, -0.15) is 0 Å². The first-order chi connectivity index (χ1) is 5.90. The van der Waals surface area contributed by atoms with Crippen molar-refractivity contribution in [2.24, 2.45) is 0 Å². The van der Waals surface area contributed by atoms with Crippen LogP contribution in [-0.2, 0) is 0 Å². The quantitative estimate of drug-likeness (QED) is 0.675. The Hall–Kier alpha value is -1.03. The van der Waals surface area contributed by atoms with Crippen LogP contribution < -0.4 is 14.2 Å². The van der Waals surface area contributed by atoms with Gasteiger partial charge in [-0.25, -0.2) is 0 Å². The second kappa shape index (κ2) is 3.15. The van der Waals surface area contributed by atoms with Crippen molar-refractivity contribution in [2.75, 3.05) is 17.8 Å². The second-order valence-electron chi connectivity index (χ2n) is 2.37. The molecule has 0 saturated carbocycles. The van der Waals surface area contributed by atoms with E-state index in [1.54, 1.807) is 7.11 Å². The molecule has 0 saturated heterocycles. The molecule has 0 bridgehead atoms. The normalized spacial score (nSPS) is 14.1. The van der Waals surface area contributed by atoms with Crippen LogP contribution in [0.3, 0.4) is 0 Å². The Labute approximate surface area is 75.2 Å². The number of fused-ring (bicyclic) bond motifs is 1. The number of anilines is 1. The van der Waals surface area contributed by atoms with Gasteiger partial charge >= 0.3 is 0 Å². The van der Waals surface area contributed by atoms with E-state index in [4.69, 9.17) is 9.47 Å². The molecule has 64 valence electrons. The average Bonchev–Trinajstić information content (AvgIpc) is 2.17. The van der Waals surface area contributed by atoms with Crippen molar-refractivity contribution >= 4 is 17.6 Å². The van der Waals surface area contributed by atoms with Gasteiger partial charge in [-0.1, -0.05) is 0 Å². The van der Waals surface area contributed by atoms with Crippen molar-refractivity contribution in [3.05, 3.63) is 18.2 Å². The van der Waals surface area contributed by atoms with Crippen LogP contribution in [0.5, 0.6) is 11.5 Å². The van der Waals surface area contributed by atoms with Gasteiger partial charge in [0.25, 0.3) is 0 Å². The minimum Gasteiger partial charge on any atom is -0.497 e. The van der Waals surface area contributed by atoms with E-state index in [0.717, 1.165) is 17.2 Å². The average molecular weight is 183 g/mol. The van der Waals surface area contributed by atoms with Crippen LogP contribution in [0, 0.1) is 0 Å². The van der Waals surface area contributed by atoms with Gasteiger partial charge in [0.2, 0.25) is 0 Å². The SMILES string of the molecule is COc1ccc2c(c1)OCSN2. The summed E-state index contributed by atoms with van der Waals surface area (Å²) in [5.74, 6) is 2.32. The van der Waals surface area contributed by atoms with Gasteiger partial charge in [0.05, 0.1) is 12.8 Å². The lowest BCUT2D eigenvalue weighted by molar-refractivity contribution is 0.380. The van der Waals surface area contributed by atoms with Gasteiger partial charge in [-0.05, 0) is 24.1 Å². The molecule has 3 nitrogen and oxygen atoms in total. The van der Waals surface area contributed by atoms with Crippen molar-refractivity contribution < 1.29 is 9.47 Å². The molecule has 0 spiro atoms. The molecule has 0 unspecified atom stereocenters. The van der Waals surface area contributed by atoms with Gasteiger partial charge in [0.15, 0.2) is 5.94 Å². The smallest absolute Gasteiger partial charge is 0.153 e. The topological polar surface area (TPSA) is 30.5 Å². The summed E-state index contributed by atoms with van der Waals surface area (Å²) < 4.78 is 13.6. The number of benzene rings is 1. The molecule has 2 rings (SSSR count). The lowest BCUT2D eigenvalue weighted by atomic mass is 10.3. The first-order valence-corrected chi connectivity index (χ1v) is 4.57. The molecule has 0 aliphatic carbocycles. The van der Waals surface area contributed by atoms with Gasteiger partial charge in [0, 0.05) is 6.07 Å². The van der Waals surface area contributed by atoms with Crippen LogP contribution in [0.15, 0.2) is 18.2 Å². The summed E-state index contributed by atoms with van der Waals surface area (Å²) in [4.78, 5) is 0. The Bertz CT molecular complexity index is 290. The Balaban J connectivity index is 2.36.